The average Bonchev–Trinajstić information content (AvgIpc) is 2.73. The van der Waals surface area contributed by atoms with Gasteiger partial charge in [0.25, 0.3) is 0 Å². The van der Waals surface area contributed by atoms with Gasteiger partial charge in [0.2, 0.25) is 0 Å². The predicted octanol–water partition coefficient (Wildman–Crippen LogP) is 1.90. The summed E-state index contributed by atoms with van der Waals surface area (Å²) in [4.78, 5) is 3.08. The Bertz CT molecular complexity index is 803. The van der Waals surface area contributed by atoms with Crippen LogP contribution >= 0.6 is 0 Å². The van der Waals surface area contributed by atoms with E-state index in [1.165, 1.54) is 16.0 Å². The van der Waals surface area contributed by atoms with Crippen molar-refractivity contribution in [2.24, 2.45) is 0 Å². The van der Waals surface area contributed by atoms with Crippen LogP contribution in [-0.4, -0.2) is 26.2 Å². The first kappa shape index (κ1) is 17.9. The van der Waals surface area contributed by atoms with Crippen LogP contribution < -0.4 is 9.80 Å². The summed E-state index contributed by atoms with van der Waals surface area (Å²) in [6.07, 6.45) is 0. The molecule has 3 heteroatoms. The van der Waals surface area contributed by atoms with Gasteiger partial charge in [0.1, 0.15) is 44.6 Å². The van der Waals surface area contributed by atoms with Crippen molar-refractivity contribution in [1.29, 1.82) is 0 Å². The lowest BCUT2D eigenvalue weighted by atomic mass is 9.96. The van der Waals surface area contributed by atoms with Gasteiger partial charge in [-0.2, -0.15) is 0 Å². The number of piperazine rings is 1. The third-order valence-electron chi connectivity index (χ3n) is 5.67. The third-order valence-corrected chi connectivity index (χ3v) is 5.67. The van der Waals surface area contributed by atoms with Gasteiger partial charge in [-0.25, -0.2) is 4.39 Å². The first-order chi connectivity index (χ1) is 13.3. The monoisotopic (exact) mass is 362 g/mol. The summed E-state index contributed by atoms with van der Waals surface area (Å²) in [5.74, 6) is -0.0776. The van der Waals surface area contributed by atoms with Crippen molar-refractivity contribution < 1.29 is 14.2 Å². The molecule has 3 aromatic rings. The van der Waals surface area contributed by atoms with Crippen molar-refractivity contribution >= 4 is 0 Å². The molecule has 138 valence electrons. The van der Waals surface area contributed by atoms with Gasteiger partial charge in [0.05, 0.1) is 0 Å². The molecule has 0 bridgehead atoms. The summed E-state index contributed by atoms with van der Waals surface area (Å²) in [5.41, 5.74) is 3.58. The standard InChI is InChI=1S/C24H25FN2/c25-23-14-8-7-13-22(23)19-26-15-17-27(18-16-26)24(20-9-3-1-4-10-20)21-11-5-2-6-12-21/h1-14,24H,15-19H2/p+2. The second-order valence-electron chi connectivity index (χ2n) is 7.43. The first-order valence-corrected chi connectivity index (χ1v) is 9.83. The molecule has 0 radical (unpaired) electrons. The van der Waals surface area contributed by atoms with Crippen molar-refractivity contribution in [2.45, 2.75) is 12.6 Å². The van der Waals surface area contributed by atoms with Gasteiger partial charge in [0, 0.05) is 16.7 Å². The third kappa shape index (κ3) is 4.26. The molecule has 0 atom stereocenters. The molecule has 4 rings (SSSR count). The van der Waals surface area contributed by atoms with Gasteiger partial charge in [0.15, 0.2) is 0 Å². The maximum Gasteiger partial charge on any atom is 0.139 e. The number of hydrogen-bond donors (Lipinski definition) is 2. The Labute approximate surface area is 160 Å². The van der Waals surface area contributed by atoms with Crippen molar-refractivity contribution in [3.05, 3.63) is 107 Å². The smallest absolute Gasteiger partial charge is 0.139 e. The van der Waals surface area contributed by atoms with E-state index in [4.69, 9.17) is 0 Å². The van der Waals surface area contributed by atoms with Gasteiger partial charge in [-0.1, -0.05) is 78.9 Å². The summed E-state index contributed by atoms with van der Waals surface area (Å²) in [6, 6.07) is 29.2. The zero-order valence-electron chi connectivity index (χ0n) is 15.6. The fourth-order valence-corrected chi connectivity index (χ4v) is 4.26. The molecule has 1 fully saturated rings. The Morgan fingerprint density at radius 2 is 1.19 bits per heavy atom. The van der Waals surface area contributed by atoms with Gasteiger partial charge < -0.3 is 9.80 Å². The zero-order valence-corrected chi connectivity index (χ0v) is 15.6. The van der Waals surface area contributed by atoms with Crippen LogP contribution in [0.25, 0.3) is 0 Å². The minimum Gasteiger partial charge on any atom is -0.322 e. The Balaban J connectivity index is 1.48. The number of hydrogen-bond acceptors (Lipinski definition) is 0. The second-order valence-corrected chi connectivity index (χ2v) is 7.43. The predicted molar refractivity (Wildman–Crippen MR) is 106 cm³/mol. The van der Waals surface area contributed by atoms with Crippen LogP contribution in [0.4, 0.5) is 4.39 Å². The minimum absolute atomic E-state index is 0.0776. The van der Waals surface area contributed by atoms with E-state index in [2.05, 4.69) is 60.7 Å². The molecule has 1 saturated heterocycles. The normalized spacial score (nSPS) is 19.9. The maximum atomic E-state index is 14.0. The van der Waals surface area contributed by atoms with Crippen LogP contribution in [0.3, 0.4) is 0 Å². The number of benzene rings is 3. The molecule has 0 aliphatic carbocycles. The van der Waals surface area contributed by atoms with Crippen LogP contribution in [-0.2, 0) is 6.54 Å². The van der Waals surface area contributed by atoms with E-state index in [0.717, 1.165) is 38.3 Å². The topological polar surface area (TPSA) is 8.88 Å². The van der Waals surface area contributed by atoms with Crippen LogP contribution in [0.2, 0.25) is 0 Å². The molecule has 27 heavy (non-hydrogen) atoms. The largest absolute Gasteiger partial charge is 0.322 e. The Kier molecular flexibility index (Phi) is 5.61. The van der Waals surface area contributed by atoms with Crippen molar-refractivity contribution in [2.75, 3.05) is 26.2 Å². The minimum atomic E-state index is -0.0776. The fourth-order valence-electron chi connectivity index (χ4n) is 4.26. The summed E-state index contributed by atoms with van der Waals surface area (Å²) < 4.78 is 14.0. The fraction of sp³-hybridized carbons (Fsp3) is 0.250. The van der Waals surface area contributed by atoms with Gasteiger partial charge in [-0.15, -0.1) is 0 Å². The lowest BCUT2D eigenvalue weighted by molar-refractivity contribution is -1.03. The molecule has 0 unspecified atom stereocenters. The number of halogens is 1. The lowest BCUT2D eigenvalue weighted by Crippen LogP contribution is -3.27. The first-order valence-electron chi connectivity index (χ1n) is 9.83. The molecular weight excluding hydrogens is 335 g/mol. The van der Waals surface area contributed by atoms with E-state index >= 15 is 0 Å². The molecule has 1 heterocycles. The van der Waals surface area contributed by atoms with Crippen molar-refractivity contribution in [1.82, 2.24) is 0 Å². The molecule has 1 aliphatic rings. The number of quaternary nitrogens is 2. The summed E-state index contributed by atoms with van der Waals surface area (Å²) in [7, 11) is 0. The highest BCUT2D eigenvalue weighted by Gasteiger charge is 2.31. The van der Waals surface area contributed by atoms with Crippen LogP contribution in [0.15, 0.2) is 84.9 Å². The van der Waals surface area contributed by atoms with E-state index in [9.17, 15) is 4.39 Å². The average molecular weight is 362 g/mol. The zero-order chi connectivity index (χ0) is 18.5. The lowest BCUT2D eigenvalue weighted by Gasteiger charge is -2.35. The summed E-state index contributed by atoms with van der Waals surface area (Å²) in [6.45, 7) is 5.11. The molecule has 2 nitrogen and oxygen atoms in total. The Morgan fingerprint density at radius 3 is 1.74 bits per heavy atom. The second kappa shape index (κ2) is 8.47. The molecule has 0 spiro atoms. The molecule has 3 aromatic carbocycles. The van der Waals surface area contributed by atoms with Gasteiger partial charge >= 0.3 is 0 Å². The quantitative estimate of drug-likeness (QED) is 0.686. The molecular formula is C24H27FN2+2. The van der Waals surface area contributed by atoms with E-state index in [-0.39, 0.29) is 5.82 Å². The van der Waals surface area contributed by atoms with Crippen molar-refractivity contribution in [3.63, 3.8) is 0 Å². The van der Waals surface area contributed by atoms with E-state index in [0.29, 0.717) is 6.04 Å². The molecule has 0 amide bonds. The summed E-state index contributed by atoms with van der Waals surface area (Å²) in [5, 5.41) is 0. The van der Waals surface area contributed by atoms with Crippen LogP contribution in [0, 0.1) is 5.82 Å². The Morgan fingerprint density at radius 1 is 0.667 bits per heavy atom. The number of rotatable bonds is 5. The molecule has 0 aromatic heterocycles. The van der Waals surface area contributed by atoms with E-state index in [1.54, 1.807) is 17.0 Å². The number of nitrogens with one attached hydrogen (secondary N) is 2. The molecule has 1 aliphatic heterocycles. The van der Waals surface area contributed by atoms with E-state index < -0.39 is 0 Å². The van der Waals surface area contributed by atoms with Gasteiger partial charge in [-0.3, -0.25) is 0 Å². The van der Waals surface area contributed by atoms with E-state index in [1.807, 2.05) is 12.1 Å². The van der Waals surface area contributed by atoms with Crippen LogP contribution in [0.5, 0.6) is 0 Å². The highest BCUT2D eigenvalue weighted by Crippen LogP contribution is 2.18. The highest BCUT2D eigenvalue weighted by atomic mass is 19.1. The molecule has 2 N–H and O–H groups in total. The summed E-state index contributed by atoms with van der Waals surface area (Å²) >= 11 is 0. The highest BCUT2D eigenvalue weighted by molar-refractivity contribution is 5.29. The molecule has 0 saturated carbocycles. The van der Waals surface area contributed by atoms with Gasteiger partial charge in [-0.05, 0) is 6.07 Å². The van der Waals surface area contributed by atoms with Crippen LogP contribution in [0.1, 0.15) is 22.7 Å². The van der Waals surface area contributed by atoms with Crippen molar-refractivity contribution in [3.8, 4) is 0 Å². The maximum absolute atomic E-state index is 14.0. The Hall–Kier alpha value is -2.49. The SMILES string of the molecule is Fc1ccccc1C[NH+]1CC[NH+](C(c2ccccc2)c2ccccc2)CC1.